The third-order valence-corrected chi connectivity index (χ3v) is 4.40. The van der Waals surface area contributed by atoms with Crippen LogP contribution in [-0.4, -0.2) is 35.9 Å². The maximum absolute atomic E-state index is 12.5. The number of fused-ring (bicyclic) bond motifs is 1. The zero-order valence-electron chi connectivity index (χ0n) is 10.8. The van der Waals surface area contributed by atoms with Crippen molar-refractivity contribution in [3.05, 3.63) is 29.8 Å². The third kappa shape index (κ3) is 2.71. The number of alkyl halides is 1. The molecular weight excluding hydrogens is 262 g/mol. The molecule has 1 fully saturated rings. The lowest BCUT2D eigenvalue weighted by molar-refractivity contribution is -0.137. The summed E-state index contributed by atoms with van der Waals surface area (Å²) in [5, 5.41) is 0.229. The molecule has 0 bridgehead atoms. The van der Waals surface area contributed by atoms with E-state index in [-0.39, 0.29) is 17.2 Å². The van der Waals surface area contributed by atoms with Gasteiger partial charge in [0.2, 0.25) is 5.91 Å². The van der Waals surface area contributed by atoms with E-state index in [0.29, 0.717) is 6.61 Å². The van der Waals surface area contributed by atoms with E-state index in [2.05, 4.69) is 0 Å². The Labute approximate surface area is 118 Å². The van der Waals surface area contributed by atoms with Crippen molar-refractivity contribution in [2.75, 3.05) is 19.7 Å². The molecule has 3 nitrogen and oxygen atoms in total. The van der Waals surface area contributed by atoms with Crippen LogP contribution in [0.3, 0.4) is 0 Å². The predicted molar refractivity (Wildman–Crippen MR) is 74.6 cm³/mol. The van der Waals surface area contributed by atoms with Gasteiger partial charge in [-0.25, -0.2) is 0 Å². The average molecular weight is 280 g/mol. The molecule has 0 aliphatic carbocycles. The number of rotatable bonds is 1. The van der Waals surface area contributed by atoms with Crippen molar-refractivity contribution in [3.8, 4) is 5.75 Å². The van der Waals surface area contributed by atoms with Gasteiger partial charge < -0.3 is 9.64 Å². The zero-order valence-corrected chi connectivity index (χ0v) is 11.6. The van der Waals surface area contributed by atoms with Gasteiger partial charge in [-0.15, -0.1) is 11.6 Å². The molecule has 2 heterocycles. The van der Waals surface area contributed by atoms with Gasteiger partial charge in [-0.2, -0.15) is 0 Å². The number of likely N-dealkylation sites (tertiary alicyclic amines) is 1. The lowest BCUT2D eigenvalue weighted by Gasteiger charge is -2.34. The first-order valence-corrected chi connectivity index (χ1v) is 7.31. The summed E-state index contributed by atoms with van der Waals surface area (Å²) in [5.41, 5.74) is 1.14. The molecule has 0 aromatic heterocycles. The molecule has 19 heavy (non-hydrogen) atoms. The number of amides is 1. The second-order valence-corrected chi connectivity index (χ2v) is 5.94. The molecule has 2 aliphatic heterocycles. The fraction of sp³-hybridized carbons (Fsp3) is 0.533. The molecule has 4 heteroatoms. The number of nitrogens with zero attached hydrogens (tertiary/aromatic N) is 1. The molecule has 102 valence electrons. The SMILES string of the molecule is O=C(C1COc2ccccc2C1)N1CCC(Cl)CC1. The van der Waals surface area contributed by atoms with E-state index in [0.717, 1.165) is 43.7 Å². The van der Waals surface area contributed by atoms with Crippen molar-refractivity contribution in [2.45, 2.75) is 24.6 Å². The van der Waals surface area contributed by atoms with Crippen LogP contribution < -0.4 is 4.74 Å². The number of hydrogen-bond acceptors (Lipinski definition) is 2. The number of piperidine rings is 1. The fourth-order valence-electron chi connectivity index (χ4n) is 2.81. The molecule has 0 N–H and O–H groups in total. The molecule has 1 amide bonds. The van der Waals surface area contributed by atoms with E-state index < -0.39 is 0 Å². The Hall–Kier alpha value is -1.22. The van der Waals surface area contributed by atoms with Gasteiger partial charge in [0, 0.05) is 18.5 Å². The normalized spacial score (nSPS) is 23.6. The molecule has 1 aromatic carbocycles. The second-order valence-electron chi connectivity index (χ2n) is 5.32. The summed E-state index contributed by atoms with van der Waals surface area (Å²) in [5.74, 6) is 1.10. The highest BCUT2D eigenvalue weighted by Gasteiger charge is 2.31. The van der Waals surface area contributed by atoms with E-state index in [4.69, 9.17) is 16.3 Å². The van der Waals surface area contributed by atoms with Crippen molar-refractivity contribution in [1.29, 1.82) is 0 Å². The van der Waals surface area contributed by atoms with E-state index in [9.17, 15) is 4.79 Å². The number of hydrogen-bond donors (Lipinski definition) is 0. The van der Waals surface area contributed by atoms with Crippen LogP contribution in [0.15, 0.2) is 24.3 Å². The lowest BCUT2D eigenvalue weighted by Crippen LogP contribution is -2.45. The Bertz CT molecular complexity index is 469. The highest BCUT2D eigenvalue weighted by Crippen LogP contribution is 2.28. The molecule has 0 radical (unpaired) electrons. The van der Waals surface area contributed by atoms with E-state index in [1.54, 1.807) is 0 Å². The molecular formula is C15H18ClNO2. The van der Waals surface area contributed by atoms with Crippen LogP contribution in [0.1, 0.15) is 18.4 Å². The van der Waals surface area contributed by atoms with Crippen molar-refractivity contribution in [1.82, 2.24) is 4.90 Å². The minimum atomic E-state index is -0.0400. The Balaban J connectivity index is 1.66. The minimum Gasteiger partial charge on any atom is -0.492 e. The summed E-state index contributed by atoms with van der Waals surface area (Å²) in [6, 6.07) is 7.97. The highest BCUT2D eigenvalue weighted by atomic mass is 35.5. The van der Waals surface area contributed by atoms with E-state index >= 15 is 0 Å². The molecule has 1 saturated heterocycles. The summed E-state index contributed by atoms with van der Waals surface area (Å²) in [6.07, 6.45) is 2.59. The van der Waals surface area contributed by atoms with Crippen LogP contribution in [0.4, 0.5) is 0 Å². The standard InChI is InChI=1S/C15H18ClNO2/c16-13-5-7-17(8-6-13)15(18)12-9-11-3-1-2-4-14(11)19-10-12/h1-4,12-13H,5-10H2. The molecule has 3 rings (SSSR count). The summed E-state index contributed by atoms with van der Waals surface area (Å²) in [4.78, 5) is 14.4. The topological polar surface area (TPSA) is 29.5 Å². The van der Waals surface area contributed by atoms with Gasteiger partial charge in [-0.3, -0.25) is 4.79 Å². The van der Waals surface area contributed by atoms with Crippen molar-refractivity contribution in [3.63, 3.8) is 0 Å². The zero-order chi connectivity index (χ0) is 13.2. The van der Waals surface area contributed by atoms with Crippen LogP contribution in [0.5, 0.6) is 5.75 Å². The number of halogens is 1. The van der Waals surface area contributed by atoms with Gasteiger partial charge in [0.1, 0.15) is 12.4 Å². The largest absolute Gasteiger partial charge is 0.492 e. The molecule has 2 aliphatic rings. The molecule has 1 atom stereocenters. The molecule has 1 unspecified atom stereocenters. The van der Waals surface area contributed by atoms with Gasteiger partial charge in [-0.05, 0) is 30.9 Å². The molecule has 1 aromatic rings. The monoisotopic (exact) mass is 279 g/mol. The summed E-state index contributed by atoms with van der Waals surface area (Å²) in [6.45, 7) is 2.06. The first-order chi connectivity index (χ1) is 9.24. The van der Waals surface area contributed by atoms with Crippen LogP contribution in [0, 0.1) is 5.92 Å². The highest BCUT2D eigenvalue weighted by molar-refractivity contribution is 6.20. The van der Waals surface area contributed by atoms with Crippen LogP contribution in [0.2, 0.25) is 0 Å². The first-order valence-electron chi connectivity index (χ1n) is 6.87. The Morgan fingerprint density at radius 2 is 2.00 bits per heavy atom. The number of carbonyl (C=O) groups is 1. The van der Waals surface area contributed by atoms with Crippen LogP contribution >= 0.6 is 11.6 Å². The summed E-state index contributed by atoms with van der Waals surface area (Å²) in [7, 11) is 0. The van der Waals surface area contributed by atoms with Gasteiger partial charge in [0.25, 0.3) is 0 Å². The minimum absolute atomic E-state index is 0.0400. The van der Waals surface area contributed by atoms with Crippen molar-refractivity contribution < 1.29 is 9.53 Å². The Morgan fingerprint density at radius 3 is 2.79 bits per heavy atom. The van der Waals surface area contributed by atoms with Crippen LogP contribution in [0.25, 0.3) is 0 Å². The smallest absolute Gasteiger partial charge is 0.229 e. The van der Waals surface area contributed by atoms with Crippen molar-refractivity contribution in [2.24, 2.45) is 5.92 Å². The van der Waals surface area contributed by atoms with Gasteiger partial charge in [-0.1, -0.05) is 18.2 Å². The second kappa shape index (κ2) is 5.41. The van der Waals surface area contributed by atoms with Gasteiger partial charge >= 0.3 is 0 Å². The Morgan fingerprint density at radius 1 is 1.26 bits per heavy atom. The molecule has 0 spiro atoms. The maximum atomic E-state index is 12.5. The van der Waals surface area contributed by atoms with E-state index in [1.807, 2.05) is 29.2 Å². The number of carbonyl (C=O) groups excluding carboxylic acids is 1. The predicted octanol–water partition coefficient (Wildman–Crippen LogP) is 2.47. The number of para-hydroxylation sites is 1. The number of ether oxygens (including phenoxy) is 1. The van der Waals surface area contributed by atoms with Crippen LogP contribution in [-0.2, 0) is 11.2 Å². The summed E-state index contributed by atoms with van der Waals surface area (Å²) < 4.78 is 5.70. The van der Waals surface area contributed by atoms with E-state index in [1.165, 1.54) is 0 Å². The fourth-order valence-corrected chi connectivity index (χ4v) is 3.01. The summed E-state index contributed by atoms with van der Waals surface area (Å²) >= 11 is 6.08. The Kier molecular flexibility index (Phi) is 3.65. The lowest BCUT2D eigenvalue weighted by atomic mass is 9.95. The van der Waals surface area contributed by atoms with Crippen molar-refractivity contribution >= 4 is 17.5 Å². The quantitative estimate of drug-likeness (QED) is 0.739. The van der Waals surface area contributed by atoms with Gasteiger partial charge in [0.05, 0.1) is 5.92 Å². The number of benzene rings is 1. The first kappa shape index (κ1) is 12.8. The maximum Gasteiger partial charge on any atom is 0.229 e. The van der Waals surface area contributed by atoms with Gasteiger partial charge in [0.15, 0.2) is 0 Å². The third-order valence-electron chi connectivity index (χ3n) is 3.96. The average Bonchev–Trinajstić information content (AvgIpc) is 2.47. The molecule has 0 saturated carbocycles.